The van der Waals surface area contributed by atoms with E-state index < -0.39 is 33.7 Å². The molecule has 3 atom stereocenters. The van der Waals surface area contributed by atoms with Gasteiger partial charge in [-0.15, -0.1) is 0 Å². The predicted octanol–water partition coefficient (Wildman–Crippen LogP) is 2.94. The molecule has 7 nitrogen and oxygen atoms in total. The fourth-order valence-corrected chi connectivity index (χ4v) is 7.12. The van der Waals surface area contributed by atoms with Gasteiger partial charge in [-0.1, -0.05) is 45.0 Å². The summed E-state index contributed by atoms with van der Waals surface area (Å²) in [4.78, 5) is 13.7. The Kier molecular flexibility index (Phi) is 7.46. The van der Waals surface area contributed by atoms with E-state index in [4.69, 9.17) is 5.73 Å². The van der Waals surface area contributed by atoms with E-state index in [1.807, 2.05) is 12.1 Å². The maximum Gasteiger partial charge on any atom is 0.227 e. The van der Waals surface area contributed by atoms with Crippen molar-refractivity contribution < 1.29 is 22.7 Å². The van der Waals surface area contributed by atoms with Crippen molar-refractivity contribution in [1.29, 1.82) is 0 Å². The molecular weight excluding hydrogens is 481 g/mol. The molecule has 2 aliphatic heterocycles. The predicted molar refractivity (Wildman–Crippen MR) is 140 cm³/mol. The SMILES string of the molecule is CC(C)(C)c1cccc(CN[C@H]2CS(=O)(=O)C[C@@H](Cc3cc(F)c(N)c(N4CCCC4=O)c3)[C@@H]2O)c1. The van der Waals surface area contributed by atoms with Crippen molar-refractivity contribution in [1.82, 2.24) is 5.32 Å². The number of carbonyl (C=O) groups excluding carboxylic acids is 1. The molecule has 2 aliphatic rings. The van der Waals surface area contributed by atoms with Gasteiger partial charge in [-0.25, -0.2) is 12.8 Å². The van der Waals surface area contributed by atoms with Crippen molar-refractivity contribution in [3.8, 4) is 0 Å². The number of hydrogen-bond donors (Lipinski definition) is 3. The Balaban J connectivity index is 1.51. The molecule has 2 saturated heterocycles. The van der Waals surface area contributed by atoms with E-state index in [2.05, 4.69) is 38.2 Å². The third-order valence-electron chi connectivity index (χ3n) is 7.19. The maximum absolute atomic E-state index is 14.7. The molecule has 0 saturated carbocycles. The molecule has 1 amide bonds. The number of amides is 1. The normalized spacial score (nSPS) is 24.3. The van der Waals surface area contributed by atoms with Crippen LogP contribution in [0.4, 0.5) is 15.8 Å². The van der Waals surface area contributed by atoms with E-state index >= 15 is 0 Å². The summed E-state index contributed by atoms with van der Waals surface area (Å²) in [6.45, 7) is 7.28. The largest absolute Gasteiger partial charge is 0.395 e. The summed E-state index contributed by atoms with van der Waals surface area (Å²) in [5, 5.41) is 14.4. The number of nitrogens with zero attached hydrogens (tertiary/aromatic N) is 1. The van der Waals surface area contributed by atoms with Crippen LogP contribution in [0.2, 0.25) is 0 Å². The van der Waals surface area contributed by atoms with E-state index in [9.17, 15) is 22.7 Å². The summed E-state index contributed by atoms with van der Waals surface area (Å²) in [5.41, 5.74) is 8.83. The number of hydrogen-bond acceptors (Lipinski definition) is 6. The monoisotopic (exact) mass is 517 g/mol. The van der Waals surface area contributed by atoms with Crippen LogP contribution in [0.1, 0.15) is 50.3 Å². The molecule has 36 heavy (non-hydrogen) atoms. The number of nitrogens with one attached hydrogen (secondary N) is 1. The van der Waals surface area contributed by atoms with Crippen LogP contribution >= 0.6 is 0 Å². The zero-order valence-corrected chi connectivity index (χ0v) is 21.9. The summed E-state index contributed by atoms with van der Waals surface area (Å²) in [6.07, 6.45) is 0.286. The second kappa shape index (κ2) is 10.1. The molecule has 4 N–H and O–H groups in total. The summed E-state index contributed by atoms with van der Waals surface area (Å²) in [7, 11) is -3.43. The molecule has 0 radical (unpaired) electrons. The van der Waals surface area contributed by atoms with Crippen LogP contribution in [0.3, 0.4) is 0 Å². The maximum atomic E-state index is 14.7. The molecule has 2 heterocycles. The van der Waals surface area contributed by atoms with Gasteiger partial charge in [0.1, 0.15) is 5.82 Å². The van der Waals surface area contributed by atoms with E-state index in [0.29, 0.717) is 37.2 Å². The number of nitrogens with two attached hydrogens (primary N) is 1. The van der Waals surface area contributed by atoms with E-state index in [1.54, 1.807) is 6.07 Å². The van der Waals surface area contributed by atoms with Crippen molar-refractivity contribution in [3.05, 3.63) is 58.9 Å². The third-order valence-corrected chi connectivity index (χ3v) is 8.99. The molecule has 9 heteroatoms. The lowest BCUT2D eigenvalue weighted by Gasteiger charge is -2.35. The standard InChI is InChI=1S/C27H36FN3O4S/c1-27(2,3)20-7-4-6-17(11-20)14-30-22-16-36(34,35)15-19(26(22)33)10-18-12-21(28)25(29)23(13-18)31-9-5-8-24(31)32/h4,6-7,11-13,19,22,26,30,33H,5,8-10,14-16,29H2,1-3H3/t19-,22+,26+/m1/s1. The number of halogens is 1. The lowest BCUT2D eigenvalue weighted by atomic mass is 9.86. The molecule has 0 unspecified atom stereocenters. The Morgan fingerprint density at radius 1 is 1.17 bits per heavy atom. The number of sulfone groups is 1. The highest BCUT2D eigenvalue weighted by atomic mass is 32.2. The van der Waals surface area contributed by atoms with Crippen molar-refractivity contribution in [2.24, 2.45) is 5.92 Å². The Labute approximate surface area is 212 Å². The average Bonchev–Trinajstić information content (AvgIpc) is 3.22. The highest BCUT2D eigenvalue weighted by Crippen LogP contribution is 2.33. The van der Waals surface area contributed by atoms with Crippen molar-refractivity contribution in [2.75, 3.05) is 28.7 Å². The third kappa shape index (κ3) is 5.90. The van der Waals surface area contributed by atoms with Gasteiger partial charge in [-0.05, 0) is 47.1 Å². The Morgan fingerprint density at radius 2 is 1.92 bits per heavy atom. The molecule has 2 fully saturated rings. The number of aliphatic hydroxyl groups is 1. The first kappa shape index (κ1) is 26.6. The Bertz CT molecular complexity index is 1240. The number of carbonyl (C=O) groups is 1. The zero-order valence-electron chi connectivity index (χ0n) is 21.1. The zero-order chi connectivity index (χ0) is 26.3. The minimum atomic E-state index is -3.43. The Morgan fingerprint density at radius 3 is 2.58 bits per heavy atom. The first-order valence-corrected chi connectivity index (χ1v) is 14.3. The van der Waals surface area contributed by atoms with Gasteiger partial charge in [0.25, 0.3) is 0 Å². The van der Waals surface area contributed by atoms with E-state index in [0.717, 1.165) is 5.56 Å². The molecule has 196 valence electrons. The lowest BCUT2D eigenvalue weighted by Crippen LogP contribution is -2.54. The minimum absolute atomic E-state index is 0.0122. The highest BCUT2D eigenvalue weighted by molar-refractivity contribution is 7.91. The first-order chi connectivity index (χ1) is 16.8. The molecule has 2 aromatic carbocycles. The molecule has 2 aromatic rings. The van der Waals surface area contributed by atoms with Gasteiger partial charge >= 0.3 is 0 Å². The number of benzene rings is 2. The van der Waals surface area contributed by atoms with Gasteiger partial charge in [0, 0.05) is 31.5 Å². The quantitative estimate of drug-likeness (QED) is 0.508. The van der Waals surface area contributed by atoms with E-state index in [-0.39, 0.29) is 34.9 Å². The number of rotatable bonds is 6. The van der Waals surface area contributed by atoms with Crippen molar-refractivity contribution in [2.45, 2.75) is 64.1 Å². The smallest absolute Gasteiger partial charge is 0.227 e. The Hall–Kier alpha value is -2.49. The topological polar surface area (TPSA) is 113 Å². The van der Waals surface area contributed by atoms with Gasteiger partial charge < -0.3 is 21.1 Å². The highest BCUT2D eigenvalue weighted by Gasteiger charge is 2.39. The van der Waals surface area contributed by atoms with Gasteiger partial charge in [-0.3, -0.25) is 4.79 Å². The van der Waals surface area contributed by atoms with Gasteiger partial charge in [0.15, 0.2) is 9.84 Å². The lowest BCUT2D eigenvalue weighted by molar-refractivity contribution is -0.117. The molecule has 0 aromatic heterocycles. The van der Waals surface area contributed by atoms with Crippen molar-refractivity contribution in [3.63, 3.8) is 0 Å². The number of anilines is 2. The second-order valence-electron chi connectivity index (χ2n) is 11.1. The molecule has 0 aliphatic carbocycles. The van der Waals surface area contributed by atoms with Crippen LogP contribution in [0.5, 0.6) is 0 Å². The summed E-state index contributed by atoms with van der Waals surface area (Å²) < 4.78 is 40.2. The van der Waals surface area contributed by atoms with Crippen LogP contribution < -0.4 is 16.0 Å². The van der Waals surface area contributed by atoms with Gasteiger partial charge in [0.2, 0.25) is 5.91 Å². The van der Waals surface area contributed by atoms with Crippen LogP contribution in [0.15, 0.2) is 36.4 Å². The van der Waals surface area contributed by atoms with Crippen LogP contribution in [-0.4, -0.2) is 49.6 Å². The molecular formula is C27H36FN3O4S. The number of aliphatic hydroxyl groups excluding tert-OH is 1. The first-order valence-electron chi connectivity index (χ1n) is 12.4. The summed E-state index contributed by atoms with van der Waals surface area (Å²) in [6, 6.07) is 10.4. The number of nitrogen functional groups attached to an aromatic ring is 1. The van der Waals surface area contributed by atoms with Crippen LogP contribution in [-0.2, 0) is 33.0 Å². The summed E-state index contributed by atoms with van der Waals surface area (Å²) in [5.74, 6) is -1.72. The van der Waals surface area contributed by atoms with Crippen molar-refractivity contribution >= 4 is 27.1 Å². The minimum Gasteiger partial charge on any atom is -0.395 e. The molecule has 0 spiro atoms. The second-order valence-corrected chi connectivity index (χ2v) is 13.3. The van der Waals surface area contributed by atoms with Crippen LogP contribution in [0, 0.1) is 11.7 Å². The molecule has 0 bridgehead atoms. The fourth-order valence-electron chi connectivity index (χ4n) is 5.15. The van der Waals surface area contributed by atoms with Gasteiger partial charge in [0.05, 0.1) is 29.0 Å². The summed E-state index contributed by atoms with van der Waals surface area (Å²) >= 11 is 0. The molecule has 4 rings (SSSR count). The van der Waals surface area contributed by atoms with Crippen LogP contribution in [0.25, 0.3) is 0 Å². The van der Waals surface area contributed by atoms with E-state index in [1.165, 1.54) is 16.5 Å². The van der Waals surface area contributed by atoms with Gasteiger partial charge in [-0.2, -0.15) is 0 Å². The fraction of sp³-hybridized carbons (Fsp3) is 0.519. The average molecular weight is 518 g/mol.